The summed E-state index contributed by atoms with van der Waals surface area (Å²) in [6.07, 6.45) is 7.88. The third-order valence-electron chi connectivity index (χ3n) is 6.22. The van der Waals surface area contributed by atoms with Crippen LogP contribution in [0.2, 0.25) is 0 Å². The first kappa shape index (κ1) is 20.7. The molecule has 150 valence electrons. The smallest absolute Gasteiger partial charge is 0.191 e. The molecule has 2 aliphatic heterocycles. The number of para-hydroxylation sites is 1. The summed E-state index contributed by atoms with van der Waals surface area (Å²) in [6.45, 7) is 4.09. The Balaban J connectivity index is 0.00000210. The molecule has 5 nitrogen and oxygen atoms in total. The standard InChI is InChI=1S/C21H32N4O.HI/c1-22-21(24-17-10-12-25(15-17)18-6-2-3-7-18)23-14-16-11-13-26-20-9-5-4-8-19(16)20;/h4-5,8-9,16-18H,2-3,6-7,10-15H2,1H3,(H2,22,23,24);1H. The van der Waals surface area contributed by atoms with Crippen LogP contribution in [-0.2, 0) is 0 Å². The number of nitrogens with one attached hydrogen (secondary N) is 2. The Morgan fingerprint density at radius 2 is 2.00 bits per heavy atom. The van der Waals surface area contributed by atoms with Crippen molar-refractivity contribution < 1.29 is 4.74 Å². The van der Waals surface area contributed by atoms with Crippen molar-refractivity contribution in [1.82, 2.24) is 15.5 Å². The monoisotopic (exact) mass is 484 g/mol. The minimum absolute atomic E-state index is 0. The van der Waals surface area contributed by atoms with Gasteiger partial charge in [-0.2, -0.15) is 0 Å². The van der Waals surface area contributed by atoms with Gasteiger partial charge in [-0.3, -0.25) is 9.89 Å². The first-order chi connectivity index (χ1) is 12.8. The predicted molar refractivity (Wildman–Crippen MR) is 121 cm³/mol. The summed E-state index contributed by atoms with van der Waals surface area (Å²) in [4.78, 5) is 7.15. The van der Waals surface area contributed by atoms with Crippen LogP contribution in [0.25, 0.3) is 0 Å². The van der Waals surface area contributed by atoms with Gasteiger partial charge in [-0.05, 0) is 37.3 Å². The van der Waals surface area contributed by atoms with E-state index in [0.29, 0.717) is 12.0 Å². The number of benzene rings is 1. The molecule has 2 heterocycles. The molecule has 0 spiro atoms. The van der Waals surface area contributed by atoms with E-state index in [2.05, 4.69) is 38.7 Å². The average Bonchev–Trinajstić information content (AvgIpc) is 3.36. The van der Waals surface area contributed by atoms with E-state index in [-0.39, 0.29) is 24.0 Å². The summed E-state index contributed by atoms with van der Waals surface area (Å²) in [5.41, 5.74) is 1.31. The van der Waals surface area contributed by atoms with Crippen LogP contribution >= 0.6 is 24.0 Å². The number of guanidine groups is 1. The molecule has 4 rings (SSSR count). The van der Waals surface area contributed by atoms with E-state index in [9.17, 15) is 0 Å². The number of fused-ring (bicyclic) bond motifs is 1. The Morgan fingerprint density at radius 1 is 1.19 bits per heavy atom. The maximum Gasteiger partial charge on any atom is 0.191 e. The maximum absolute atomic E-state index is 5.78. The molecule has 0 amide bonds. The van der Waals surface area contributed by atoms with Crippen LogP contribution in [0.5, 0.6) is 5.75 Å². The molecule has 0 radical (unpaired) electrons. The van der Waals surface area contributed by atoms with E-state index in [1.165, 1.54) is 44.2 Å². The zero-order valence-electron chi connectivity index (χ0n) is 16.3. The molecular weight excluding hydrogens is 451 g/mol. The van der Waals surface area contributed by atoms with Gasteiger partial charge in [0, 0.05) is 44.7 Å². The van der Waals surface area contributed by atoms with Gasteiger partial charge in [0.1, 0.15) is 5.75 Å². The highest BCUT2D eigenvalue weighted by atomic mass is 127. The van der Waals surface area contributed by atoms with E-state index in [1.807, 2.05) is 13.1 Å². The first-order valence-electron chi connectivity index (χ1n) is 10.3. The van der Waals surface area contributed by atoms with Crippen molar-refractivity contribution in [3.05, 3.63) is 29.8 Å². The van der Waals surface area contributed by atoms with Crippen molar-refractivity contribution in [1.29, 1.82) is 0 Å². The second-order valence-corrected chi connectivity index (χ2v) is 7.89. The molecule has 0 bridgehead atoms. The average molecular weight is 484 g/mol. The zero-order chi connectivity index (χ0) is 17.8. The van der Waals surface area contributed by atoms with Crippen molar-refractivity contribution in [3.8, 4) is 5.75 Å². The summed E-state index contributed by atoms with van der Waals surface area (Å²) in [5, 5.41) is 7.20. The number of ether oxygens (including phenoxy) is 1. The first-order valence-corrected chi connectivity index (χ1v) is 10.3. The van der Waals surface area contributed by atoms with Crippen molar-refractivity contribution in [2.75, 3.05) is 33.3 Å². The van der Waals surface area contributed by atoms with E-state index in [1.54, 1.807) is 0 Å². The minimum atomic E-state index is 0. The largest absolute Gasteiger partial charge is 0.493 e. The predicted octanol–water partition coefficient (Wildman–Crippen LogP) is 3.35. The van der Waals surface area contributed by atoms with Gasteiger partial charge in [-0.15, -0.1) is 24.0 Å². The highest BCUT2D eigenvalue weighted by molar-refractivity contribution is 14.0. The van der Waals surface area contributed by atoms with Gasteiger partial charge in [0.2, 0.25) is 0 Å². The molecule has 2 N–H and O–H groups in total. The van der Waals surface area contributed by atoms with Gasteiger partial charge < -0.3 is 15.4 Å². The molecule has 0 aromatic heterocycles. The van der Waals surface area contributed by atoms with Gasteiger partial charge >= 0.3 is 0 Å². The SMILES string of the molecule is CN=C(NCC1CCOc2ccccc21)NC1CCN(C2CCCC2)C1.I. The van der Waals surface area contributed by atoms with Crippen molar-refractivity contribution in [2.24, 2.45) is 4.99 Å². The number of nitrogens with zero attached hydrogens (tertiary/aromatic N) is 2. The summed E-state index contributed by atoms with van der Waals surface area (Å²) >= 11 is 0. The highest BCUT2D eigenvalue weighted by Crippen LogP contribution is 2.32. The molecule has 27 heavy (non-hydrogen) atoms. The maximum atomic E-state index is 5.78. The molecule has 2 unspecified atom stereocenters. The van der Waals surface area contributed by atoms with Crippen LogP contribution in [0.15, 0.2) is 29.3 Å². The molecular formula is C21H33IN4O. The molecule has 2 atom stereocenters. The Hall–Kier alpha value is -1.02. The molecule has 1 aromatic rings. The fourth-order valence-corrected chi connectivity index (χ4v) is 4.74. The van der Waals surface area contributed by atoms with Crippen LogP contribution < -0.4 is 15.4 Å². The van der Waals surface area contributed by atoms with Gasteiger partial charge in [0.05, 0.1) is 6.61 Å². The number of rotatable bonds is 4. The molecule has 6 heteroatoms. The molecule has 1 aromatic carbocycles. The normalized spacial score (nSPS) is 26.2. The molecule has 1 saturated carbocycles. The quantitative estimate of drug-likeness (QED) is 0.391. The lowest BCUT2D eigenvalue weighted by molar-refractivity contribution is 0.242. The number of hydrogen-bond acceptors (Lipinski definition) is 3. The van der Waals surface area contributed by atoms with Crippen molar-refractivity contribution in [2.45, 2.75) is 56.5 Å². The zero-order valence-corrected chi connectivity index (χ0v) is 18.7. The fraction of sp³-hybridized carbons (Fsp3) is 0.667. The van der Waals surface area contributed by atoms with Crippen LogP contribution in [0, 0.1) is 0 Å². The molecule has 1 saturated heterocycles. The summed E-state index contributed by atoms with van der Waals surface area (Å²) in [7, 11) is 1.87. The van der Waals surface area contributed by atoms with Gasteiger partial charge in [0.25, 0.3) is 0 Å². The number of halogens is 1. The number of hydrogen-bond donors (Lipinski definition) is 2. The lowest BCUT2D eigenvalue weighted by atomic mass is 9.93. The van der Waals surface area contributed by atoms with E-state index >= 15 is 0 Å². The van der Waals surface area contributed by atoms with E-state index < -0.39 is 0 Å². The Bertz CT molecular complexity index is 632. The van der Waals surface area contributed by atoms with Crippen molar-refractivity contribution >= 4 is 29.9 Å². The topological polar surface area (TPSA) is 48.9 Å². The fourth-order valence-electron chi connectivity index (χ4n) is 4.74. The van der Waals surface area contributed by atoms with Gasteiger partial charge in [-0.1, -0.05) is 31.0 Å². The summed E-state index contributed by atoms with van der Waals surface area (Å²) in [5.74, 6) is 2.46. The van der Waals surface area contributed by atoms with Crippen LogP contribution in [-0.4, -0.2) is 56.2 Å². The van der Waals surface area contributed by atoms with Crippen molar-refractivity contribution in [3.63, 3.8) is 0 Å². The number of aliphatic imine (C=N–C) groups is 1. The van der Waals surface area contributed by atoms with Gasteiger partial charge in [0.15, 0.2) is 5.96 Å². The van der Waals surface area contributed by atoms with E-state index in [4.69, 9.17) is 4.74 Å². The minimum Gasteiger partial charge on any atom is -0.493 e. The van der Waals surface area contributed by atoms with Crippen LogP contribution in [0.4, 0.5) is 0 Å². The Morgan fingerprint density at radius 3 is 2.81 bits per heavy atom. The van der Waals surface area contributed by atoms with E-state index in [0.717, 1.165) is 43.9 Å². The Kier molecular flexibility index (Phi) is 7.64. The third kappa shape index (κ3) is 5.08. The lowest BCUT2D eigenvalue weighted by Crippen LogP contribution is -2.46. The highest BCUT2D eigenvalue weighted by Gasteiger charge is 2.30. The summed E-state index contributed by atoms with van der Waals surface area (Å²) < 4.78 is 5.78. The second kappa shape index (κ2) is 9.96. The number of likely N-dealkylation sites (tertiary alicyclic amines) is 1. The summed E-state index contributed by atoms with van der Waals surface area (Å²) in [6, 6.07) is 9.76. The molecule has 3 aliphatic rings. The molecule has 1 aliphatic carbocycles. The van der Waals surface area contributed by atoms with Crippen LogP contribution in [0.3, 0.4) is 0 Å². The Labute approximate surface area is 180 Å². The third-order valence-corrected chi connectivity index (χ3v) is 6.22. The molecule has 2 fully saturated rings. The van der Waals surface area contributed by atoms with Gasteiger partial charge in [-0.25, -0.2) is 0 Å². The lowest BCUT2D eigenvalue weighted by Gasteiger charge is -2.27. The van der Waals surface area contributed by atoms with Crippen LogP contribution in [0.1, 0.15) is 50.0 Å². The second-order valence-electron chi connectivity index (χ2n) is 7.89.